The lowest BCUT2D eigenvalue weighted by molar-refractivity contribution is -0.696. The van der Waals surface area contributed by atoms with Crippen molar-refractivity contribution in [3.8, 4) is 0 Å². The Hall–Kier alpha value is -0.990. The van der Waals surface area contributed by atoms with Gasteiger partial charge in [0.25, 0.3) is 0 Å². The van der Waals surface area contributed by atoms with E-state index in [9.17, 15) is 0 Å². The molecule has 3 nitrogen and oxygen atoms in total. The molecular weight excluding hydrogens is 182 g/mol. The van der Waals surface area contributed by atoms with Crippen LogP contribution in [-0.2, 0) is 6.54 Å². The quantitative estimate of drug-likeness (QED) is 0.342. The summed E-state index contributed by atoms with van der Waals surface area (Å²) in [4.78, 5) is 3.02. The third-order valence-electron chi connectivity index (χ3n) is 1.62. The lowest BCUT2D eigenvalue weighted by Gasteiger charge is -1.92. The molecule has 1 rings (SSSR count). The molecule has 0 spiro atoms. The molecule has 0 saturated heterocycles. The number of hydrogen-bond acceptors (Lipinski definition) is 1. The molecule has 1 N–H and O–H groups in total. The molecule has 0 aliphatic rings. The Balaban J connectivity index is 0.000000424. The van der Waals surface area contributed by atoms with E-state index in [2.05, 4.69) is 34.9 Å². The average molecular weight is 197 g/mol. The molecule has 0 saturated carbocycles. The number of unbranched alkanes of at least 4 members (excludes halogenated alkanes) is 2. The van der Waals surface area contributed by atoms with Crippen molar-refractivity contribution < 1.29 is 4.57 Å². The van der Waals surface area contributed by atoms with Gasteiger partial charge < -0.3 is 5.41 Å². The predicted octanol–water partition coefficient (Wildman–Crippen LogP) is 2.15. The number of hydrogen-bond donors (Lipinski definition) is 1. The number of imidazole rings is 1. The van der Waals surface area contributed by atoms with Crippen LogP contribution in [0.3, 0.4) is 0 Å². The zero-order valence-electron chi connectivity index (χ0n) is 7.86. The number of H-pyrrole nitrogens is 1. The van der Waals surface area contributed by atoms with E-state index in [1.54, 1.807) is 0 Å². The summed E-state index contributed by atoms with van der Waals surface area (Å²) in [6, 6.07) is 0. The van der Waals surface area contributed by atoms with E-state index in [4.69, 9.17) is 5.41 Å². The van der Waals surface area contributed by atoms with Crippen LogP contribution in [0, 0.1) is 0 Å². The maximum atomic E-state index is 7.13. The van der Waals surface area contributed by atoms with Gasteiger partial charge in [0.05, 0.1) is 6.54 Å². The maximum absolute atomic E-state index is 7.13. The molecule has 0 bridgehead atoms. The van der Waals surface area contributed by atoms with Gasteiger partial charge in [-0.1, -0.05) is 25.6 Å². The summed E-state index contributed by atoms with van der Waals surface area (Å²) in [6.07, 6.45) is 9.93. The van der Waals surface area contributed by atoms with E-state index in [1.165, 1.54) is 24.4 Å². The Labute approximate surface area is 84.3 Å². The number of nitrogens with one attached hydrogen (secondary N) is 1. The van der Waals surface area contributed by atoms with Crippen LogP contribution >= 0.6 is 12.2 Å². The Bertz CT molecular complexity index is 225. The number of aromatic nitrogens is 2. The second kappa shape index (κ2) is 9.10. The normalized spacial score (nSPS) is 8.38. The van der Waals surface area contributed by atoms with Crippen molar-refractivity contribution in [2.24, 2.45) is 0 Å². The van der Waals surface area contributed by atoms with Gasteiger partial charge in [0.2, 0.25) is 6.33 Å². The van der Waals surface area contributed by atoms with E-state index >= 15 is 0 Å². The van der Waals surface area contributed by atoms with Crippen LogP contribution in [0.15, 0.2) is 18.7 Å². The number of aryl methyl sites for hydroxylation is 1. The first-order valence-electron chi connectivity index (χ1n) is 4.38. The highest BCUT2D eigenvalue weighted by atomic mass is 32.1. The van der Waals surface area contributed by atoms with Crippen LogP contribution in [0.25, 0.3) is 5.41 Å². The van der Waals surface area contributed by atoms with E-state index in [-0.39, 0.29) is 0 Å². The molecule has 0 amide bonds. The Morgan fingerprint density at radius 1 is 1.54 bits per heavy atom. The molecule has 0 fully saturated rings. The summed E-state index contributed by atoms with van der Waals surface area (Å²) in [5.74, 6) is 0. The smallest absolute Gasteiger partial charge is 0.241 e. The molecule has 4 heteroatoms. The van der Waals surface area contributed by atoms with Crippen LogP contribution < -0.4 is 4.57 Å². The van der Waals surface area contributed by atoms with Crippen molar-refractivity contribution in [2.45, 2.75) is 32.7 Å². The highest BCUT2D eigenvalue weighted by Crippen LogP contribution is 1.92. The number of isothiocyanates is 1. The van der Waals surface area contributed by atoms with E-state index in [0.717, 1.165) is 6.54 Å². The highest BCUT2D eigenvalue weighted by Gasteiger charge is 1.93. The zero-order chi connectivity index (χ0) is 9.94. The standard InChI is InChI=1S/C8H14N2.CNS/c1-2-3-4-6-10-7-5-9-8-10;2-1-3/h5,7-8H,2-4,6H2,1H3;/q;-1/p+1. The Morgan fingerprint density at radius 2 is 2.23 bits per heavy atom. The van der Waals surface area contributed by atoms with Gasteiger partial charge in [-0.25, -0.2) is 4.57 Å². The van der Waals surface area contributed by atoms with Gasteiger partial charge in [-0.3, -0.25) is 4.98 Å². The molecule has 0 radical (unpaired) electrons. The van der Waals surface area contributed by atoms with Crippen LogP contribution in [0.4, 0.5) is 0 Å². The lowest BCUT2D eigenvalue weighted by Crippen LogP contribution is -2.30. The Morgan fingerprint density at radius 3 is 2.69 bits per heavy atom. The summed E-state index contributed by atoms with van der Waals surface area (Å²) >= 11 is 3.70. The van der Waals surface area contributed by atoms with Crippen molar-refractivity contribution in [2.75, 3.05) is 0 Å². The third kappa shape index (κ3) is 7.37. The number of rotatable bonds is 4. The highest BCUT2D eigenvalue weighted by molar-refractivity contribution is 7.78. The van der Waals surface area contributed by atoms with Crippen molar-refractivity contribution >= 4 is 17.4 Å². The van der Waals surface area contributed by atoms with Gasteiger partial charge in [0.1, 0.15) is 12.4 Å². The monoisotopic (exact) mass is 197 g/mol. The first kappa shape index (κ1) is 12.0. The summed E-state index contributed by atoms with van der Waals surface area (Å²) in [6.45, 7) is 3.37. The first-order valence-corrected chi connectivity index (χ1v) is 4.79. The molecule has 0 aliphatic carbocycles. The predicted molar refractivity (Wildman–Crippen MR) is 56.5 cm³/mol. The molecule has 0 atom stereocenters. The molecule has 13 heavy (non-hydrogen) atoms. The average Bonchev–Trinajstić information content (AvgIpc) is 2.59. The largest absolute Gasteiger partial charge is 0.753 e. The molecule has 1 heterocycles. The summed E-state index contributed by atoms with van der Waals surface area (Å²) in [7, 11) is 0. The summed E-state index contributed by atoms with van der Waals surface area (Å²) in [5.41, 5.74) is 0. The fourth-order valence-electron chi connectivity index (χ4n) is 1.00. The number of aromatic amines is 1. The molecule has 0 aliphatic heterocycles. The van der Waals surface area contributed by atoms with Crippen LogP contribution in [0.1, 0.15) is 26.2 Å². The Kier molecular flexibility index (Phi) is 8.41. The fraction of sp³-hybridized carbons (Fsp3) is 0.556. The number of thiocarbonyl (C=S) groups is 1. The molecule has 0 aromatic carbocycles. The molecule has 1 aromatic rings. The van der Waals surface area contributed by atoms with Crippen molar-refractivity contribution in [3.63, 3.8) is 0 Å². The number of nitrogens with zero attached hydrogens (tertiary/aromatic N) is 2. The van der Waals surface area contributed by atoms with Gasteiger partial charge in [-0.05, 0) is 12.8 Å². The SMILES string of the molecule is CCCCC[n+]1cc[nH]c1.[N-]=C=S. The van der Waals surface area contributed by atoms with E-state index in [1.807, 2.05) is 12.5 Å². The molecule has 1 aromatic heterocycles. The van der Waals surface area contributed by atoms with Gasteiger partial charge in [0, 0.05) is 0 Å². The minimum absolute atomic E-state index is 1.15. The van der Waals surface area contributed by atoms with Crippen LogP contribution in [-0.4, -0.2) is 10.1 Å². The van der Waals surface area contributed by atoms with Crippen molar-refractivity contribution in [1.29, 1.82) is 0 Å². The molecule has 72 valence electrons. The lowest BCUT2D eigenvalue weighted by atomic mass is 10.2. The molecule has 0 unspecified atom stereocenters. The van der Waals surface area contributed by atoms with E-state index < -0.39 is 0 Å². The first-order chi connectivity index (χ1) is 6.35. The second-order valence-corrected chi connectivity index (χ2v) is 2.83. The van der Waals surface area contributed by atoms with Gasteiger partial charge in [-0.15, -0.1) is 0 Å². The topological polar surface area (TPSA) is 42.0 Å². The van der Waals surface area contributed by atoms with Gasteiger partial charge in [-0.2, -0.15) is 5.16 Å². The van der Waals surface area contributed by atoms with Crippen molar-refractivity contribution in [1.82, 2.24) is 4.98 Å². The zero-order valence-corrected chi connectivity index (χ0v) is 8.68. The minimum Gasteiger partial charge on any atom is -0.753 e. The van der Waals surface area contributed by atoms with Crippen LogP contribution in [0.2, 0.25) is 0 Å². The van der Waals surface area contributed by atoms with Crippen molar-refractivity contribution in [3.05, 3.63) is 24.1 Å². The third-order valence-corrected chi connectivity index (χ3v) is 1.62. The summed E-state index contributed by atoms with van der Waals surface area (Å²) < 4.78 is 2.18. The van der Waals surface area contributed by atoms with Crippen LogP contribution in [0.5, 0.6) is 0 Å². The fourth-order valence-corrected chi connectivity index (χ4v) is 1.00. The molecular formula is C9H15N3S. The van der Waals surface area contributed by atoms with Gasteiger partial charge >= 0.3 is 0 Å². The van der Waals surface area contributed by atoms with Gasteiger partial charge in [0.15, 0.2) is 0 Å². The van der Waals surface area contributed by atoms with E-state index in [0.29, 0.717) is 0 Å². The summed E-state index contributed by atoms with van der Waals surface area (Å²) in [5, 5.41) is 8.47. The minimum atomic E-state index is 1.15. The second-order valence-electron chi connectivity index (χ2n) is 2.65. The maximum Gasteiger partial charge on any atom is 0.241 e.